The number of unbranched alkanes of at least 4 members (excludes halogenated alkanes) is 11. The van der Waals surface area contributed by atoms with Crippen LogP contribution in [0.5, 0.6) is 5.75 Å². The molecule has 0 aliphatic rings. The first kappa shape index (κ1) is 26.9. The van der Waals surface area contributed by atoms with Crippen molar-refractivity contribution in [3.63, 3.8) is 0 Å². The number of allylic oxidation sites excluding steroid dienone is 1. The zero-order chi connectivity index (χ0) is 23.7. The number of halogens is 2. The monoisotopic (exact) mass is 458 g/mol. The molecule has 0 fully saturated rings. The van der Waals surface area contributed by atoms with Gasteiger partial charge in [0.15, 0.2) is 17.4 Å². The van der Waals surface area contributed by atoms with Gasteiger partial charge in [-0.05, 0) is 31.4 Å². The summed E-state index contributed by atoms with van der Waals surface area (Å²) in [5.74, 6) is -1.84. The summed E-state index contributed by atoms with van der Waals surface area (Å²) >= 11 is 0. The van der Waals surface area contributed by atoms with Gasteiger partial charge in [0, 0.05) is 18.0 Å². The molecule has 0 saturated carbocycles. The number of benzene rings is 1. The highest BCUT2D eigenvalue weighted by molar-refractivity contribution is 5.59. The standard InChI is InChI=1S/C28H40F2N2O/c1-3-5-7-9-11-13-15-17-23-21-31-28(32-22-23)24-18-19-25(27(30)26(24)29)33-20-16-14-12-10-8-6-4-2/h15,17-19,21-22H,3-14,16,20H2,1-2H3/b17-15+. The van der Waals surface area contributed by atoms with E-state index in [1.807, 2.05) is 6.08 Å². The first-order valence-electron chi connectivity index (χ1n) is 12.8. The second-order valence-corrected chi connectivity index (χ2v) is 8.65. The minimum atomic E-state index is -0.980. The number of aromatic nitrogens is 2. The fourth-order valence-corrected chi connectivity index (χ4v) is 3.71. The van der Waals surface area contributed by atoms with E-state index in [-0.39, 0.29) is 17.1 Å². The smallest absolute Gasteiger partial charge is 0.201 e. The van der Waals surface area contributed by atoms with Crippen LogP contribution < -0.4 is 4.74 Å². The fourth-order valence-electron chi connectivity index (χ4n) is 3.71. The molecule has 0 amide bonds. The Hall–Kier alpha value is -2.30. The highest BCUT2D eigenvalue weighted by atomic mass is 19.2. The van der Waals surface area contributed by atoms with Crippen molar-refractivity contribution < 1.29 is 13.5 Å². The third kappa shape index (κ3) is 10.0. The zero-order valence-electron chi connectivity index (χ0n) is 20.4. The Morgan fingerprint density at radius 1 is 0.758 bits per heavy atom. The maximum absolute atomic E-state index is 14.6. The summed E-state index contributed by atoms with van der Waals surface area (Å²) in [7, 11) is 0. The normalized spacial score (nSPS) is 11.4. The van der Waals surface area contributed by atoms with E-state index in [0.717, 1.165) is 31.2 Å². The van der Waals surface area contributed by atoms with Gasteiger partial charge in [0.1, 0.15) is 0 Å². The maximum atomic E-state index is 14.6. The number of hydrogen-bond acceptors (Lipinski definition) is 3. The van der Waals surface area contributed by atoms with Crippen LogP contribution in [0.15, 0.2) is 30.6 Å². The Labute approximate surface area is 198 Å². The van der Waals surface area contributed by atoms with Crippen molar-refractivity contribution in [1.82, 2.24) is 9.97 Å². The minimum absolute atomic E-state index is 0.0437. The summed E-state index contributed by atoms with van der Waals surface area (Å²) in [4.78, 5) is 8.45. The number of rotatable bonds is 17. The van der Waals surface area contributed by atoms with Gasteiger partial charge in [0.25, 0.3) is 0 Å². The van der Waals surface area contributed by atoms with E-state index < -0.39 is 11.6 Å². The Morgan fingerprint density at radius 3 is 2.03 bits per heavy atom. The largest absolute Gasteiger partial charge is 0.490 e. The van der Waals surface area contributed by atoms with Crippen LogP contribution in [0.2, 0.25) is 0 Å². The van der Waals surface area contributed by atoms with Gasteiger partial charge in [-0.15, -0.1) is 0 Å². The van der Waals surface area contributed by atoms with Crippen molar-refractivity contribution in [2.45, 2.75) is 97.3 Å². The molecule has 3 nitrogen and oxygen atoms in total. The van der Waals surface area contributed by atoms with Gasteiger partial charge in [-0.1, -0.05) is 90.2 Å². The highest BCUT2D eigenvalue weighted by Gasteiger charge is 2.17. The van der Waals surface area contributed by atoms with Gasteiger partial charge >= 0.3 is 0 Å². The van der Waals surface area contributed by atoms with Crippen LogP contribution in [0, 0.1) is 11.6 Å². The van der Waals surface area contributed by atoms with Crippen molar-refractivity contribution in [2.24, 2.45) is 0 Å². The Bertz CT molecular complexity index is 821. The van der Waals surface area contributed by atoms with Gasteiger partial charge in [0.2, 0.25) is 5.82 Å². The quantitative estimate of drug-likeness (QED) is 0.222. The molecule has 0 bridgehead atoms. The number of nitrogens with zero attached hydrogens (tertiary/aromatic N) is 2. The zero-order valence-corrected chi connectivity index (χ0v) is 20.4. The van der Waals surface area contributed by atoms with Crippen LogP contribution in [0.25, 0.3) is 17.5 Å². The van der Waals surface area contributed by atoms with Crippen LogP contribution in [-0.4, -0.2) is 16.6 Å². The van der Waals surface area contributed by atoms with Crippen molar-refractivity contribution in [3.05, 3.63) is 47.8 Å². The van der Waals surface area contributed by atoms with Crippen molar-refractivity contribution in [1.29, 1.82) is 0 Å². The molecule has 0 aliphatic carbocycles. The second-order valence-electron chi connectivity index (χ2n) is 8.65. The summed E-state index contributed by atoms with van der Waals surface area (Å²) < 4.78 is 34.6. The molecule has 0 atom stereocenters. The molecular weight excluding hydrogens is 418 g/mol. The Kier molecular flexibility index (Phi) is 13.3. The molecule has 0 unspecified atom stereocenters. The molecule has 0 N–H and O–H groups in total. The molecule has 0 radical (unpaired) electrons. The van der Waals surface area contributed by atoms with E-state index >= 15 is 0 Å². The average molecular weight is 459 g/mol. The van der Waals surface area contributed by atoms with Crippen LogP contribution in [0.3, 0.4) is 0 Å². The SMILES string of the molecule is CCCCCCC/C=C/c1cnc(-c2ccc(OCCCCCCCCC)c(F)c2F)nc1. The minimum Gasteiger partial charge on any atom is -0.490 e. The lowest BCUT2D eigenvalue weighted by Gasteiger charge is -2.10. The van der Waals surface area contributed by atoms with Gasteiger partial charge < -0.3 is 4.74 Å². The van der Waals surface area contributed by atoms with E-state index in [1.54, 1.807) is 12.4 Å². The molecule has 1 aromatic carbocycles. The van der Waals surface area contributed by atoms with Crippen LogP contribution in [0.4, 0.5) is 8.78 Å². The summed E-state index contributed by atoms with van der Waals surface area (Å²) in [5, 5.41) is 0. The topological polar surface area (TPSA) is 35.0 Å². The van der Waals surface area contributed by atoms with Gasteiger partial charge in [-0.25, -0.2) is 14.4 Å². The van der Waals surface area contributed by atoms with Crippen LogP contribution in [0.1, 0.15) is 103 Å². The molecule has 182 valence electrons. The molecule has 0 saturated heterocycles. The summed E-state index contributed by atoms with van der Waals surface area (Å²) in [6, 6.07) is 2.95. The molecule has 0 spiro atoms. The van der Waals surface area contributed by atoms with Crippen molar-refractivity contribution in [2.75, 3.05) is 6.61 Å². The molecule has 5 heteroatoms. The Balaban J connectivity index is 1.82. The molecular formula is C28H40F2N2O. The Morgan fingerprint density at radius 2 is 1.36 bits per heavy atom. The second kappa shape index (κ2) is 16.3. The summed E-state index contributed by atoms with van der Waals surface area (Å²) in [5.41, 5.74) is 0.894. The van der Waals surface area contributed by atoms with Crippen molar-refractivity contribution >= 4 is 6.08 Å². The first-order chi connectivity index (χ1) is 16.2. The van der Waals surface area contributed by atoms with E-state index in [9.17, 15) is 8.78 Å². The van der Waals surface area contributed by atoms with Crippen LogP contribution in [-0.2, 0) is 0 Å². The summed E-state index contributed by atoms with van der Waals surface area (Å²) in [6.45, 7) is 4.80. The molecule has 0 aliphatic heterocycles. The van der Waals surface area contributed by atoms with Crippen LogP contribution >= 0.6 is 0 Å². The van der Waals surface area contributed by atoms with E-state index in [0.29, 0.717) is 6.61 Å². The van der Waals surface area contributed by atoms with Gasteiger partial charge in [-0.3, -0.25) is 0 Å². The molecule has 1 aromatic heterocycles. The van der Waals surface area contributed by atoms with E-state index in [1.165, 1.54) is 69.9 Å². The molecule has 1 heterocycles. The fraction of sp³-hybridized carbons (Fsp3) is 0.571. The summed E-state index contributed by atoms with van der Waals surface area (Å²) in [6.07, 6.45) is 22.7. The molecule has 33 heavy (non-hydrogen) atoms. The molecule has 2 aromatic rings. The predicted molar refractivity (Wildman–Crippen MR) is 133 cm³/mol. The lowest BCUT2D eigenvalue weighted by Crippen LogP contribution is -2.02. The van der Waals surface area contributed by atoms with E-state index in [2.05, 4.69) is 29.9 Å². The predicted octanol–water partition coefficient (Wildman–Crippen LogP) is 8.92. The lowest BCUT2D eigenvalue weighted by molar-refractivity contribution is 0.285. The highest BCUT2D eigenvalue weighted by Crippen LogP contribution is 2.28. The average Bonchev–Trinajstić information content (AvgIpc) is 2.83. The third-order valence-corrected chi connectivity index (χ3v) is 5.75. The lowest BCUT2D eigenvalue weighted by atomic mass is 10.1. The van der Waals surface area contributed by atoms with E-state index in [4.69, 9.17) is 4.74 Å². The number of hydrogen-bond donors (Lipinski definition) is 0. The third-order valence-electron chi connectivity index (χ3n) is 5.75. The number of ether oxygens (including phenoxy) is 1. The molecule has 2 rings (SSSR count). The van der Waals surface area contributed by atoms with Gasteiger partial charge in [-0.2, -0.15) is 4.39 Å². The first-order valence-corrected chi connectivity index (χ1v) is 12.8. The van der Waals surface area contributed by atoms with Crippen molar-refractivity contribution in [3.8, 4) is 17.1 Å². The van der Waals surface area contributed by atoms with Gasteiger partial charge in [0.05, 0.1) is 12.2 Å². The maximum Gasteiger partial charge on any atom is 0.201 e.